The first-order valence-electron chi connectivity index (χ1n) is 5.93. The van der Waals surface area contributed by atoms with Gasteiger partial charge in [-0.2, -0.15) is 0 Å². The van der Waals surface area contributed by atoms with Gasteiger partial charge < -0.3 is 15.4 Å². The first-order chi connectivity index (χ1) is 8.60. The fourth-order valence-electron chi connectivity index (χ4n) is 2.03. The van der Waals surface area contributed by atoms with Crippen LogP contribution >= 0.6 is 0 Å². The molecule has 0 aliphatic carbocycles. The second-order valence-electron chi connectivity index (χ2n) is 4.50. The Morgan fingerprint density at radius 3 is 3.00 bits per heavy atom. The zero-order valence-electron chi connectivity index (χ0n) is 10.5. The second kappa shape index (κ2) is 5.46. The van der Waals surface area contributed by atoms with Crippen molar-refractivity contribution in [2.75, 3.05) is 19.0 Å². The highest BCUT2D eigenvalue weighted by molar-refractivity contribution is 5.95. The Morgan fingerprint density at radius 2 is 2.33 bits per heavy atom. The van der Waals surface area contributed by atoms with Crippen molar-refractivity contribution in [1.29, 1.82) is 0 Å². The van der Waals surface area contributed by atoms with Gasteiger partial charge in [-0.05, 0) is 31.0 Å². The number of amides is 1. The average Bonchev–Trinajstić information content (AvgIpc) is 2.82. The summed E-state index contributed by atoms with van der Waals surface area (Å²) in [6.07, 6.45) is 0.700. The highest BCUT2D eigenvalue weighted by Gasteiger charge is 2.29. The van der Waals surface area contributed by atoms with Crippen molar-refractivity contribution < 1.29 is 13.9 Å². The highest BCUT2D eigenvalue weighted by atomic mass is 19.1. The minimum Gasteiger partial charge on any atom is -0.380 e. The minimum absolute atomic E-state index is 0.0642. The molecule has 1 heterocycles. The van der Waals surface area contributed by atoms with Crippen LogP contribution in [0, 0.1) is 12.7 Å². The molecule has 2 atom stereocenters. The van der Waals surface area contributed by atoms with Crippen molar-refractivity contribution in [2.24, 2.45) is 0 Å². The lowest BCUT2D eigenvalue weighted by atomic mass is 10.1. The zero-order chi connectivity index (χ0) is 13.1. The van der Waals surface area contributed by atoms with Gasteiger partial charge in [0, 0.05) is 19.3 Å². The number of methoxy groups -OCH3 is 1. The molecular formula is C13H17FN2O2. The summed E-state index contributed by atoms with van der Waals surface area (Å²) >= 11 is 0. The number of carbonyl (C=O) groups excluding carboxylic acids is 1. The summed E-state index contributed by atoms with van der Waals surface area (Å²) < 4.78 is 18.3. The van der Waals surface area contributed by atoms with Crippen LogP contribution in [-0.4, -0.2) is 31.7 Å². The fourth-order valence-corrected chi connectivity index (χ4v) is 2.03. The van der Waals surface area contributed by atoms with Gasteiger partial charge in [-0.15, -0.1) is 0 Å². The van der Waals surface area contributed by atoms with Crippen molar-refractivity contribution in [3.8, 4) is 0 Å². The van der Waals surface area contributed by atoms with Crippen LogP contribution in [0.3, 0.4) is 0 Å². The van der Waals surface area contributed by atoms with Gasteiger partial charge in [-0.25, -0.2) is 4.39 Å². The monoisotopic (exact) mass is 252 g/mol. The number of aryl methyl sites for hydroxylation is 1. The molecule has 1 amide bonds. The maximum Gasteiger partial charge on any atom is 0.241 e. The standard InChI is InChI=1S/C13H17FN2O2/c1-8-3-4-9(14)5-11(8)16-13(17)12-6-10(18-2)7-15-12/h3-5,10,12,15H,6-7H2,1-2H3,(H,16,17). The normalized spacial score (nSPS) is 23.1. The number of rotatable bonds is 3. The summed E-state index contributed by atoms with van der Waals surface area (Å²) in [6.45, 7) is 2.49. The predicted octanol–water partition coefficient (Wildman–Crippen LogP) is 1.45. The third-order valence-electron chi connectivity index (χ3n) is 3.20. The maximum atomic E-state index is 13.1. The number of benzene rings is 1. The van der Waals surface area contributed by atoms with E-state index >= 15 is 0 Å². The van der Waals surface area contributed by atoms with Crippen molar-refractivity contribution in [2.45, 2.75) is 25.5 Å². The lowest BCUT2D eigenvalue weighted by molar-refractivity contribution is -0.118. The number of carbonyl (C=O) groups is 1. The molecule has 1 fully saturated rings. The third kappa shape index (κ3) is 2.86. The van der Waals surface area contributed by atoms with Crippen LogP contribution in [0.25, 0.3) is 0 Å². The summed E-state index contributed by atoms with van der Waals surface area (Å²) in [4.78, 5) is 12.0. The molecule has 0 bridgehead atoms. The Morgan fingerprint density at radius 1 is 1.56 bits per heavy atom. The third-order valence-corrected chi connectivity index (χ3v) is 3.20. The van der Waals surface area contributed by atoms with Gasteiger partial charge in [0.15, 0.2) is 0 Å². The van der Waals surface area contributed by atoms with Crippen LogP contribution in [0.15, 0.2) is 18.2 Å². The Labute approximate surface area is 106 Å². The molecule has 0 aromatic heterocycles. The second-order valence-corrected chi connectivity index (χ2v) is 4.50. The average molecular weight is 252 g/mol. The Kier molecular flexibility index (Phi) is 3.93. The van der Waals surface area contributed by atoms with Crippen molar-refractivity contribution in [3.05, 3.63) is 29.6 Å². The minimum atomic E-state index is -0.356. The van der Waals surface area contributed by atoms with Gasteiger partial charge in [-0.1, -0.05) is 6.07 Å². The SMILES string of the molecule is COC1CNC(C(=O)Nc2cc(F)ccc2C)C1. The van der Waals surface area contributed by atoms with E-state index in [0.717, 1.165) is 5.56 Å². The molecule has 2 unspecified atom stereocenters. The number of hydrogen-bond donors (Lipinski definition) is 2. The van der Waals surface area contributed by atoms with Crippen molar-refractivity contribution in [1.82, 2.24) is 5.32 Å². The molecule has 0 radical (unpaired) electrons. The molecule has 1 aromatic carbocycles. The summed E-state index contributed by atoms with van der Waals surface area (Å²) in [5.41, 5.74) is 1.36. The van der Waals surface area contributed by atoms with E-state index in [-0.39, 0.29) is 23.9 Å². The summed E-state index contributed by atoms with van der Waals surface area (Å²) in [5.74, 6) is -0.506. The Hall–Kier alpha value is -1.46. The molecular weight excluding hydrogens is 235 g/mol. The van der Waals surface area contributed by atoms with E-state index in [1.165, 1.54) is 12.1 Å². The molecule has 4 nitrogen and oxygen atoms in total. The molecule has 1 aliphatic heterocycles. The van der Waals surface area contributed by atoms with Gasteiger partial charge in [-0.3, -0.25) is 4.79 Å². The van der Waals surface area contributed by atoms with Gasteiger partial charge >= 0.3 is 0 Å². The van der Waals surface area contributed by atoms with E-state index < -0.39 is 0 Å². The smallest absolute Gasteiger partial charge is 0.241 e. The molecule has 98 valence electrons. The highest BCUT2D eigenvalue weighted by Crippen LogP contribution is 2.18. The molecule has 1 aromatic rings. The van der Waals surface area contributed by atoms with Crippen LogP contribution < -0.4 is 10.6 Å². The molecule has 1 saturated heterocycles. The molecule has 18 heavy (non-hydrogen) atoms. The van der Waals surface area contributed by atoms with Crippen LogP contribution in [0.4, 0.5) is 10.1 Å². The molecule has 0 spiro atoms. The zero-order valence-corrected chi connectivity index (χ0v) is 10.5. The molecule has 0 saturated carbocycles. The lowest BCUT2D eigenvalue weighted by Crippen LogP contribution is -2.35. The molecule has 2 N–H and O–H groups in total. The van der Waals surface area contributed by atoms with E-state index in [1.807, 2.05) is 6.92 Å². The maximum absolute atomic E-state index is 13.1. The Balaban J connectivity index is 2.01. The number of anilines is 1. The summed E-state index contributed by atoms with van der Waals surface area (Å²) in [5, 5.41) is 5.82. The van der Waals surface area contributed by atoms with E-state index in [4.69, 9.17) is 4.74 Å². The predicted molar refractivity (Wildman–Crippen MR) is 67.0 cm³/mol. The fraction of sp³-hybridized carbons (Fsp3) is 0.462. The van der Waals surface area contributed by atoms with Crippen LogP contribution in [0.1, 0.15) is 12.0 Å². The van der Waals surface area contributed by atoms with Crippen LogP contribution in [-0.2, 0) is 9.53 Å². The van der Waals surface area contributed by atoms with Crippen molar-refractivity contribution in [3.63, 3.8) is 0 Å². The van der Waals surface area contributed by atoms with Crippen LogP contribution in [0.5, 0.6) is 0 Å². The van der Waals surface area contributed by atoms with E-state index in [1.54, 1.807) is 13.2 Å². The van der Waals surface area contributed by atoms with Crippen molar-refractivity contribution >= 4 is 11.6 Å². The number of halogens is 1. The molecule has 1 aliphatic rings. The van der Waals surface area contributed by atoms with Gasteiger partial charge in [0.05, 0.1) is 12.1 Å². The number of nitrogens with one attached hydrogen (secondary N) is 2. The van der Waals surface area contributed by atoms with Gasteiger partial charge in [0.2, 0.25) is 5.91 Å². The molecule has 2 rings (SSSR count). The summed E-state index contributed by atoms with van der Waals surface area (Å²) in [7, 11) is 1.63. The van der Waals surface area contributed by atoms with Gasteiger partial charge in [0.25, 0.3) is 0 Å². The van der Waals surface area contributed by atoms with E-state index in [2.05, 4.69) is 10.6 Å². The van der Waals surface area contributed by atoms with Crippen LogP contribution in [0.2, 0.25) is 0 Å². The quantitative estimate of drug-likeness (QED) is 0.856. The summed E-state index contributed by atoms with van der Waals surface area (Å²) in [6, 6.07) is 4.07. The van der Waals surface area contributed by atoms with E-state index in [0.29, 0.717) is 18.7 Å². The number of ether oxygens (including phenoxy) is 1. The Bertz CT molecular complexity index is 451. The largest absolute Gasteiger partial charge is 0.380 e. The van der Waals surface area contributed by atoms with E-state index in [9.17, 15) is 9.18 Å². The molecule has 5 heteroatoms. The first-order valence-corrected chi connectivity index (χ1v) is 5.93. The first kappa shape index (κ1) is 13.0. The van der Waals surface area contributed by atoms with Gasteiger partial charge in [0.1, 0.15) is 5.82 Å². The topological polar surface area (TPSA) is 50.4 Å². The number of hydrogen-bond acceptors (Lipinski definition) is 3. The lowest BCUT2D eigenvalue weighted by Gasteiger charge is -2.13.